The maximum absolute atomic E-state index is 11.2. The fraction of sp³-hybridized carbons (Fsp3) is 0.250. The Morgan fingerprint density at radius 1 is 1.00 bits per heavy atom. The first-order valence-electron chi connectivity index (χ1n) is 4.21. The van der Waals surface area contributed by atoms with Crippen LogP contribution in [0.15, 0.2) is 30.3 Å². The summed E-state index contributed by atoms with van der Waals surface area (Å²) in [7, 11) is -8.32. The van der Waals surface area contributed by atoms with Gasteiger partial charge in [-0.3, -0.25) is 4.55 Å². The molecule has 8 heteroatoms. The number of rotatable bonds is 5. The molecule has 0 spiro atoms. The average molecular weight is 266 g/mol. The van der Waals surface area contributed by atoms with Crippen LogP contribution in [0.25, 0.3) is 0 Å². The topological polar surface area (TPSA) is 97.7 Å². The Hall–Kier alpha value is -1.12. The standard InChI is InChI=1S/C8H10O6S2/c9-15(10,11)6-7-16(12,13)14-8-4-2-1-3-5-8/h1-5H,6-7H2,(H,9,10,11). The summed E-state index contributed by atoms with van der Waals surface area (Å²) in [4.78, 5) is 0. The highest BCUT2D eigenvalue weighted by molar-refractivity contribution is 7.90. The van der Waals surface area contributed by atoms with Crippen molar-refractivity contribution in [1.82, 2.24) is 0 Å². The first-order valence-corrected chi connectivity index (χ1v) is 7.39. The van der Waals surface area contributed by atoms with Gasteiger partial charge in [0.1, 0.15) is 11.5 Å². The molecule has 0 radical (unpaired) electrons. The molecule has 6 nitrogen and oxygen atoms in total. The summed E-state index contributed by atoms with van der Waals surface area (Å²) in [6.07, 6.45) is 0. The van der Waals surface area contributed by atoms with Crippen LogP contribution in [0.5, 0.6) is 5.75 Å². The van der Waals surface area contributed by atoms with Gasteiger partial charge in [-0.1, -0.05) is 18.2 Å². The quantitative estimate of drug-likeness (QED) is 0.607. The van der Waals surface area contributed by atoms with Gasteiger partial charge in [0.25, 0.3) is 10.1 Å². The third-order valence-corrected chi connectivity index (χ3v) is 3.69. The zero-order chi connectivity index (χ0) is 12.2. The van der Waals surface area contributed by atoms with Crippen molar-refractivity contribution in [3.8, 4) is 5.75 Å². The lowest BCUT2D eigenvalue weighted by Crippen LogP contribution is -2.20. The molecule has 0 bridgehead atoms. The molecule has 0 atom stereocenters. The first-order chi connectivity index (χ1) is 7.29. The molecule has 0 fully saturated rings. The Balaban J connectivity index is 2.67. The third-order valence-electron chi connectivity index (χ3n) is 1.56. The number of hydrogen-bond acceptors (Lipinski definition) is 5. The fourth-order valence-electron chi connectivity index (χ4n) is 0.872. The minimum absolute atomic E-state index is 0.0952. The number of para-hydroxylation sites is 1. The van der Waals surface area contributed by atoms with Crippen LogP contribution in [-0.4, -0.2) is 32.9 Å². The van der Waals surface area contributed by atoms with Crippen LogP contribution in [0.4, 0.5) is 0 Å². The molecule has 1 aromatic carbocycles. The molecule has 0 saturated heterocycles. The summed E-state index contributed by atoms with van der Waals surface area (Å²) >= 11 is 0. The fourth-order valence-corrected chi connectivity index (χ4v) is 3.02. The summed E-state index contributed by atoms with van der Waals surface area (Å²) < 4.78 is 56.2. The molecular weight excluding hydrogens is 256 g/mol. The van der Waals surface area contributed by atoms with E-state index in [1.54, 1.807) is 18.2 Å². The molecule has 0 aliphatic carbocycles. The Labute approximate surface area is 93.7 Å². The monoisotopic (exact) mass is 266 g/mol. The second-order valence-electron chi connectivity index (χ2n) is 2.94. The van der Waals surface area contributed by atoms with E-state index in [2.05, 4.69) is 4.18 Å². The second-order valence-corrected chi connectivity index (χ2v) is 6.21. The van der Waals surface area contributed by atoms with Crippen LogP contribution in [0.1, 0.15) is 0 Å². The molecule has 90 valence electrons. The number of benzene rings is 1. The van der Waals surface area contributed by atoms with Crippen LogP contribution in [0.3, 0.4) is 0 Å². The van der Waals surface area contributed by atoms with Crippen LogP contribution in [-0.2, 0) is 20.2 Å². The zero-order valence-electron chi connectivity index (χ0n) is 8.11. The van der Waals surface area contributed by atoms with Crippen molar-refractivity contribution in [2.75, 3.05) is 11.5 Å². The molecule has 0 aromatic heterocycles. The van der Waals surface area contributed by atoms with Gasteiger partial charge in [-0.2, -0.15) is 16.8 Å². The van der Waals surface area contributed by atoms with E-state index in [1.165, 1.54) is 12.1 Å². The van der Waals surface area contributed by atoms with E-state index < -0.39 is 31.7 Å². The van der Waals surface area contributed by atoms with Gasteiger partial charge in [-0.15, -0.1) is 0 Å². The SMILES string of the molecule is O=S(=O)(O)CCS(=O)(=O)Oc1ccccc1. The summed E-state index contributed by atoms with van der Waals surface area (Å²) in [6.45, 7) is 0. The highest BCUT2D eigenvalue weighted by atomic mass is 32.2. The van der Waals surface area contributed by atoms with Gasteiger partial charge < -0.3 is 4.18 Å². The van der Waals surface area contributed by atoms with E-state index >= 15 is 0 Å². The van der Waals surface area contributed by atoms with Gasteiger partial charge in [-0.25, -0.2) is 0 Å². The normalized spacial score (nSPS) is 12.3. The molecule has 0 heterocycles. The highest BCUT2D eigenvalue weighted by Crippen LogP contribution is 2.11. The van der Waals surface area contributed by atoms with Crippen LogP contribution in [0, 0.1) is 0 Å². The maximum Gasteiger partial charge on any atom is 0.310 e. The third kappa shape index (κ3) is 5.10. The van der Waals surface area contributed by atoms with Crippen molar-refractivity contribution in [2.45, 2.75) is 0 Å². The molecule has 0 amide bonds. The maximum atomic E-state index is 11.2. The van der Waals surface area contributed by atoms with E-state index in [4.69, 9.17) is 4.55 Å². The lowest BCUT2D eigenvalue weighted by molar-refractivity contribution is 0.473. The van der Waals surface area contributed by atoms with Gasteiger partial charge in [0.15, 0.2) is 0 Å². The summed E-state index contributed by atoms with van der Waals surface area (Å²) in [5.74, 6) is -1.58. The van der Waals surface area contributed by atoms with Gasteiger partial charge in [0.2, 0.25) is 0 Å². The minimum Gasteiger partial charge on any atom is -0.382 e. The van der Waals surface area contributed by atoms with Crippen molar-refractivity contribution < 1.29 is 25.6 Å². The molecule has 0 aliphatic heterocycles. The molecular formula is C8H10O6S2. The molecule has 1 N–H and O–H groups in total. The van der Waals surface area contributed by atoms with Crippen molar-refractivity contribution >= 4 is 20.2 Å². The van der Waals surface area contributed by atoms with E-state index in [9.17, 15) is 16.8 Å². The zero-order valence-corrected chi connectivity index (χ0v) is 9.74. The predicted octanol–water partition coefficient (Wildman–Crippen LogP) is 0.283. The van der Waals surface area contributed by atoms with Gasteiger partial charge >= 0.3 is 10.1 Å². The molecule has 1 rings (SSSR count). The smallest absolute Gasteiger partial charge is 0.310 e. The van der Waals surface area contributed by atoms with Crippen LogP contribution in [0.2, 0.25) is 0 Å². The molecule has 16 heavy (non-hydrogen) atoms. The Kier molecular flexibility index (Phi) is 3.89. The molecule has 1 aromatic rings. The Morgan fingerprint density at radius 2 is 1.56 bits per heavy atom. The average Bonchev–Trinajstić information content (AvgIpc) is 2.15. The lowest BCUT2D eigenvalue weighted by atomic mass is 10.3. The van der Waals surface area contributed by atoms with Crippen LogP contribution >= 0.6 is 0 Å². The van der Waals surface area contributed by atoms with Crippen molar-refractivity contribution in [2.24, 2.45) is 0 Å². The summed E-state index contributed by atoms with van der Waals surface area (Å²) in [6, 6.07) is 7.68. The molecule has 0 aliphatic rings. The molecule has 0 saturated carbocycles. The van der Waals surface area contributed by atoms with Gasteiger partial charge in [0.05, 0.1) is 5.75 Å². The van der Waals surface area contributed by atoms with Crippen LogP contribution < -0.4 is 4.18 Å². The second kappa shape index (κ2) is 4.81. The van der Waals surface area contributed by atoms with Crippen molar-refractivity contribution in [1.29, 1.82) is 0 Å². The van der Waals surface area contributed by atoms with E-state index in [0.29, 0.717) is 0 Å². The Bertz CT molecular complexity index is 531. The van der Waals surface area contributed by atoms with Gasteiger partial charge in [0, 0.05) is 0 Å². The minimum atomic E-state index is -4.31. The van der Waals surface area contributed by atoms with E-state index in [0.717, 1.165) is 0 Å². The van der Waals surface area contributed by atoms with Crippen molar-refractivity contribution in [3.05, 3.63) is 30.3 Å². The highest BCUT2D eigenvalue weighted by Gasteiger charge is 2.17. The molecule has 0 unspecified atom stereocenters. The van der Waals surface area contributed by atoms with E-state index in [1.807, 2.05) is 0 Å². The number of hydrogen-bond donors (Lipinski definition) is 1. The largest absolute Gasteiger partial charge is 0.382 e. The first kappa shape index (κ1) is 12.9. The lowest BCUT2D eigenvalue weighted by Gasteiger charge is -2.05. The van der Waals surface area contributed by atoms with Gasteiger partial charge in [-0.05, 0) is 12.1 Å². The summed E-state index contributed by atoms with van der Waals surface area (Å²) in [5.41, 5.74) is 0. The van der Waals surface area contributed by atoms with E-state index in [-0.39, 0.29) is 5.75 Å². The Morgan fingerprint density at radius 3 is 2.06 bits per heavy atom. The predicted molar refractivity (Wildman–Crippen MR) is 57.3 cm³/mol. The van der Waals surface area contributed by atoms with Crippen molar-refractivity contribution in [3.63, 3.8) is 0 Å². The summed E-state index contributed by atoms with van der Waals surface area (Å²) in [5, 5.41) is 0.